The van der Waals surface area contributed by atoms with Crippen LogP contribution in [0.2, 0.25) is 0 Å². The van der Waals surface area contributed by atoms with Crippen LogP contribution in [0.3, 0.4) is 0 Å². The third-order valence-corrected chi connectivity index (χ3v) is 3.24. The van der Waals surface area contributed by atoms with E-state index >= 15 is 0 Å². The summed E-state index contributed by atoms with van der Waals surface area (Å²) in [7, 11) is -2.02. The van der Waals surface area contributed by atoms with Crippen molar-refractivity contribution in [3.8, 4) is 0 Å². The van der Waals surface area contributed by atoms with Gasteiger partial charge in [-0.1, -0.05) is 0 Å². The van der Waals surface area contributed by atoms with E-state index in [9.17, 15) is 14.5 Å². The van der Waals surface area contributed by atoms with Crippen LogP contribution in [0, 0.1) is 0 Å². The number of nitrogens with two attached hydrogens (primary N) is 1. The molecule has 11 heteroatoms. The van der Waals surface area contributed by atoms with Gasteiger partial charge in [0.25, 0.3) is 5.91 Å². The molecule has 1 amide bonds. The minimum atomic E-state index is -2.02. The molecule has 4 atom stereocenters. The van der Waals surface area contributed by atoms with Crippen LogP contribution >= 0.6 is 19.5 Å². The molecule has 0 radical (unpaired) electrons. The number of nitrogens with zero attached hydrogens (tertiary/aromatic N) is 3. The Labute approximate surface area is 114 Å². The van der Waals surface area contributed by atoms with Gasteiger partial charge in [-0.3, -0.25) is 4.79 Å². The maximum Gasteiger partial charge on any atom is 0.582 e. The van der Waals surface area contributed by atoms with E-state index in [1.54, 1.807) is 0 Å². The highest BCUT2D eigenvalue weighted by Gasteiger charge is 2.37. The second-order valence-electron chi connectivity index (χ2n) is 3.90. The first kappa shape index (κ1) is 14.4. The first-order valence-electron chi connectivity index (χ1n) is 5.31. The maximum absolute atomic E-state index is 10.9. The van der Waals surface area contributed by atoms with E-state index in [1.165, 1.54) is 11.0 Å². The minimum Gasteiger partial charge on any atom is -0.388 e. The van der Waals surface area contributed by atoms with Crippen molar-refractivity contribution in [3.05, 3.63) is 12.2 Å². The molecule has 0 spiro atoms. The maximum atomic E-state index is 10.9. The number of primary amides is 1. The number of carbonyl (C=O) groups is 1. The van der Waals surface area contributed by atoms with Crippen LogP contribution in [0.4, 0.5) is 0 Å². The topological polar surface area (TPSA) is 130 Å². The van der Waals surface area contributed by atoms with E-state index in [4.69, 9.17) is 15.0 Å². The van der Waals surface area contributed by atoms with Gasteiger partial charge < -0.3 is 15.6 Å². The Morgan fingerprint density at radius 2 is 2.53 bits per heavy atom. The highest BCUT2D eigenvalue weighted by Crippen LogP contribution is 2.32. The van der Waals surface area contributed by atoms with Crippen LogP contribution in [-0.2, 0) is 13.8 Å². The number of aliphatic hydroxyl groups excluding tert-OH is 1. The predicted octanol–water partition coefficient (Wildman–Crippen LogP) is -0.371. The van der Waals surface area contributed by atoms with Gasteiger partial charge in [-0.05, 0) is 4.57 Å². The Bertz CT molecular complexity index is 497. The number of amides is 1. The summed E-state index contributed by atoms with van der Waals surface area (Å²) in [5.74, 6) is -0.924. The smallest absolute Gasteiger partial charge is 0.388 e. The number of thiol groups is 1. The van der Waals surface area contributed by atoms with Crippen molar-refractivity contribution in [2.75, 3.05) is 6.61 Å². The molecule has 2 heterocycles. The van der Waals surface area contributed by atoms with Gasteiger partial charge in [-0.15, -0.1) is 9.62 Å². The summed E-state index contributed by atoms with van der Waals surface area (Å²) in [4.78, 5) is 14.6. The normalized spacial score (nSPS) is 27.5. The van der Waals surface area contributed by atoms with Crippen molar-refractivity contribution in [2.24, 2.45) is 5.73 Å². The van der Waals surface area contributed by atoms with Crippen LogP contribution in [0.5, 0.6) is 0 Å². The zero-order valence-corrected chi connectivity index (χ0v) is 11.4. The van der Waals surface area contributed by atoms with Gasteiger partial charge in [-0.25, -0.2) is 9.67 Å². The van der Waals surface area contributed by atoms with Gasteiger partial charge in [0.1, 0.15) is 31.3 Å². The SMILES string of the molecule is NC(=O)c1ncn([C@@H]2O[C@H](CO[P+](=O)S)C[C@H]2O)n1. The zero-order chi connectivity index (χ0) is 14.0. The number of ether oxygens (including phenoxy) is 1. The molecular formula is C8H12N4O5PS+. The molecule has 1 aliphatic rings. The fourth-order valence-corrected chi connectivity index (χ4v) is 2.23. The Morgan fingerprint density at radius 1 is 1.79 bits per heavy atom. The summed E-state index contributed by atoms with van der Waals surface area (Å²) in [5, 5.41) is 13.7. The first-order chi connectivity index (χ1) is 8.97. The van der Waals surface area contributed by atoms with Crippen molar-refractivity contribution < 1.29 is 23.7 Å². The zero-order valence-electron chi connectivity index (χ0n) is 9.62. The highest BCUT2D eigenvalue weighted by molar-refractivity contribution is 8.39. The number of rotatable bonds is 5. The summed E-state index contributed by atoms with van der Waals surface area (Å²) >= 11 is 3.60. The summed E-state index contributed by atoms with van der Waals surface area (Å²) in [6.45, 7) is 0.0453. The Balaban J connectivity index is 2.00. The highest BCUT2D eigenvalue weighted by atomic mass is 32.7. The van der Waals surface area contributed by atoms with Crippen molar-refractivity contribution >= 4 is 25.4 Å². The molecule has 104 valence electrons. The third kappa shape index (κ3) is 3.48. The van der Waals surface area contributed by atoms with Crippen molar-refractivity contribution in [3.63, 3.8) is 0 Å². The van der Waals surface area contributed by atoms with Gasteiger partial charge in [0.05, 0.1) is 6.10 Å². The van der Waals surface area contributed by atoms with Gasteiger partial charge in [0.15, 0.2) is 6.23 Å². The molecule has 3 N–H and O–H groups in total. The molecule has 1 saturated heterocycles. The number of hydrogen-bond acceptors (Lipinski definition) is 7. The van der Waals surface area contributed by atoms with E-state index < -0.39 is 31.6 Å². The number of carbonyl (C=O) groups excluding carboxylic acids is 1. The van der Waals surface area contributed by atoms with Gasteiger partial charge in [0.2, 0.25) is 5.82 Å². The minimum absolute atomic E-state index is 0.0453. The second kappa shape index (κ2) is 5.93. The largest absolute Gasteiger partial charge is 0.582 e. The average molecular weight is 307 g/mol. The van der Waals surface area contributed by atoms with Crippen molar-refractivity contribution in [2.45, 2.75) is 24.9 Å². The van der Waals surface area contributed by atoms with Crippen LogP contribution in [0.15, 0.2) is 6.33 Å². The van der Waals surface area contributed by atoms with E-state index in [-0.39, 0.29) is 18.9 Å². The molecule has 1 aliphatic heterocycles. The lowest BCUT2D eigenvalue weighted by atomic mass is 10.2. The number of aliphatic hydroxyl groups is 1. The van der Waals surface area contributed by atoms with Gasteiger partial charge in [-0.2, -0.15) is 0 Å². The van der Waals surface area contributed by atoms with Crippen LogP contribution < -0.4 is 5.73 Å². The molecule has 9 nitrogen and oxygen atoms in total. The molecule has 2 rings (SSSR count). The monoisotopic (exact) mass is 307 g/mol. The summed E-state index contributed by atoms with van der Waals surface area (Å²) in [6, 6.07) is 0. The predicted molar refractivity (Wildman–Crippen MR) is 65.6 cm³/mol. The van der Waals surface area contributed by atoms with E-state index in [0.29, 0.717) is 0 Å². The molecular weight excluding hydrogens is 295 g/mol. The fourth-order valence-electron chi connectivity index (χ4n) is 1.73. The lowest BCUT2D eigenvalue weighted by Crippen LogP contribution is -2.21. The van der Waals surface area contributed by atoms with E-state index in [2.05, 4.69) is 22.3 Å². The fraction of sp³-hybridized carbons (Fsp3) is 0.625. The first-order valence-corrected chi connectivity index (χ1v) is 7.64. The number of aromatic nitrogens is 3. The Hall–Kier alpha value is -1.06. The van der Waals surface area contributed by atoms with Gasteiger partial charge >= 0.3 is 7.23 Å². The second-order valence-corrected chi connectivity index (χ2v) is 5.61. The Kier molecular flexibility index (Phi) is 4.48. The molecule has 1 aromatic heterocycles. The third-order valence-electron chi connectivity index (χ3n) is 2.53. The van der Waals surface area contributed by atoms with Crippen LogP contribution in [0.25, 0.3) is 0 Å². The van der Waals surface area contributed by atoms with Crippen molar-refractivity contribution in [1.29, 1.82) is 0 Å². The quantitative estimate of drug-likeness (QED) is 0.500. The molecule has 1 aromatic rings. The summed E-state index contributed by atoms with van der Waals surface area (Å²) in [6.07, 6.45) is -0.530. The lowest BCUT2D eigenvalue weighted by Gasteiger charge is -2.13. The molecule has 0 aliphatic carbocycles. The molecule has 19 heavy (non-hydrogen) atoms. The van der Waals surface area contributed by atoms with Crippen LogP contribution in [0.1, 0.15) is 23.3 Å². The molecule has 0 saturated carbocycles. The Morgan fingerprint density at radius 3 is 3.11 bits per heavy atom. The van der Waals surface area contributed by atoms with Gasteiger partial charge in [0, 0.05) is 6.42 Å². The van der Waals surface area contributed by atoms with Crippen LogP contribution in [-0.4, -0.2) is 44.6 Å². The molecule has 1 unspecified atom stereocenters. The number of hydrogen-bond donors (Lipinski definition) is 3. The standard InChI is InChI=1S/C8H11N4O5PS/c9-6(14)7-10-3-12(11-7)8-5(13)1-4(17-8)2-16-18(15)19/h3-5,8,13H,1-2H2,(H2-,9,14,15,19)/p+1/t4-,5+,8+/m0/s1. The van der Waals surface area contributed by atoms with E-state index in [0.717, 1.165) is 0 Å². The van der Waals surface area contributed by atoms with Crippen molar-refractivity contribution in [1.82, 2.24) is 14.8 Å². The molecule has 0 aromatic carbocycles. The molecule has 0 bridgehead atoms. The summed E-state index contributed by atoms with van der Waals surface area (Å²) < 4.78 is 22.2. The van der Waals surface area contributed by atoms with E-state index in [1.807, 2.05) is 0 Å². The molecule has 1 fully saturated rings. The lowest BCUT2D eigenvalue weighted by molar-refractivity contribution is -0.0537. The average Bonchev–Trinajstić information content (AvgIpc) is 2.92. The summed E-state index contributed by atoms with van der Waals surface area (Å²) in [5.41, 5.74) is 5.03.